The van der Waals surface area contributed by atoms with E-state index < -0.39 is 0 Å². The van der Waals surface area contributed by atoms with Crippen molar-refractivity contribution in [1.29, 1.82) is 0 Å². The van der Waals surface area contributed by atoms with E-state index >= 15 is 0 Å². The van der Waals surface area contributed by atoms with Crippen molar-refractivity contribution in [1.82, 2.24) is 14.9 Å². The Balaban J connectivity index is 0.00000161. The van der Waals surface area contributed by atoms with Gasteiger partial charge in [0.15, 0.2) is 0 Å². The second-order valence-corrected chi connectivity index (χ2v) is 6.96. The first-order chi connectivity index (χ1) is 9.68. The van der Waals surface area contributed by atoms with Crippen LogP contribution in [0.1, 0.15) is 18.2 Å². The Bertz CT molecular complexity index is 574. The zero-order valence-electron chi connectivity index (χ0n) is 12.2. The van der Waals surface area contributed by atoms with Gasteiger partial charge in [-0.15, -0.1) is 23.7 Å². The van der Waals surface area contributed by atoms with Crippen molar-refractivity contribution in [3.63, 3.8) is 0 Å². The van der Waals surface area contributed by atoms with Crippen molar-refractivity contribution in [2.24, 2.45) is 11.1 Å². The van der Waals surface area contributed by atoms with Crippen LogP contribution < -0.4 is 5.73 Å². The van der Waals surface area contributed by atoms with Crippen LogP contribution in [0.15, 0.2) is 30.7 Å². The van der Waals surface area contributed by atoms with Crippen LogP contribution in [0.5, 0.6) is 0 Å². The van der Waals surface area contributed by atoms with Crippen molar-refractivity contribution in [3.8, 4) is 10.6 Å². The molecule has 2 N–H and O–H groups in total. The molecule has 0 aromatic carbocycles. The fraction of sp³-hybridized carbons (Fsp3) is 0.467. The molecule has 3 rings (SSSR count). The van der Waals surface area contributed by atoms with Crippen molar-refractivity contribution in [2.75, 3.05) is 19.6 Å². The number of hydrogen-bond acceptors (Lipinski definition) is 5. The molecule has 0 bridgehead atoms. The van der Waals surface area contributed by atoms with Crippen molar-refractivity contribution in [3.05, 3.63) is 35.6 Å². The third-order valence-electron chi connectivity index (χ3n) is 3.99. The van der Waals surface area contributed by atoms with E-state index in [-0.39, 0.29) is 12.4 Å². The number of rotatable bonds is 4. The van der Waals surface area contributed by atoms with Gasteiger partial charge in [-0.25, -0.2) is 4.98 Å². The molecule has 0 aliphatic carbocycles. The molecule has 1 fully saturated rings. The summed E-state index contributed by atoms with van der Waals surface area (Å²) >= 11 is 1.77. The highest BCUT2D eigenvalue weighted by Gasteiger charge is 2.32. The van der Waals surface area contributed by atoms with Gasteiger partial charge < -0.3 is 5.73 Å². The van der Waals surface area contributed by atoms with E-state index in [9.17, 15) is 0 Å². The molecule has 1 aliphatic heterocycles. The van der Waals surface area contributed by atoms with E-state index in [2.05, 4.69) is 21.8 Å². The summed E-state index contributed by atoms with van der Waals surface area (Å²) in [5.74, 6) is 0. The van der Waals surface area contributed by atoms with Crippen molar-refractivity contribution in [2.45, 2.75) is 19.9 Å². The summed E-state index contributed by atoms with van der Waals surface area (Å²) < 4.78 is 0. The molecular weight excluding hydrogens is 304 g/mol. The van der Waals surface area contributed by atoms with Crippen LogP contribution in [0, 0.1) is 5.41 Å². The molecule has 2 aromatic rings. The van der Waals surface area contributed by atoms with Crippen molar-refractivity contribution < 1.29 is 0 Å². The first-order valence-electron chi connectivity index (χ1n) is 6.96. The number of thiazole rings is 1. The largest absolute Gasteiger partial charge is 0.330 e. The third kappa shape index (κ3) is 3.80. The monoisotopic (exact) mass is 324 g/mol. The quantitative estimate of drug-likeness (QED) is 0.939. The van der Waals surface area contributed by atoms with Gasteiger partial charge in [0.2, 0.25) is 0 Å². The van der Waals surface area contributed by atoms with Crippen LogP contribution in [0.25, 0.3) is 10.6 Å². The maximum absolute atomic E-state index is 5.86. The van der Waals surface area contributed by atoms with Gasteiger partial charge >= 0.3 is 0 Å². The fourth-order valence-electron chi connectivity index (χ4n) is 2.66. The Labute approximate surface area is 135 Å². The number of likely N-dealkylation sites (tertiary alicyclic amines) is 1. The van der Waals surface area contributed by atoms with Gasteiger partial charge in [-0.2, -0.15) is 0 Å². The molecule has 0 spiro atoms. The topological polar surface area (TPSA) is 55.0 Å². The van der Waals surface area contributed by atoms with E-state index in [4.69, 9.17) is 5.73 Å². The molecule has 0 amide bonds. The smallest absolute Gasteiger partial charge is 0.123 e. The van der Waals surface area contributed by atoms with Crippen LogP contribution in [0.2, 0.25) is 0 Å². The molecule has 0 radical (unpaired) electrons. The number of hydrogen-bond donors (Lipinski definition) is 1. The minimum Gasteiger partial charge on any atom is -0.330 e. The molecule has 21 heavy (non-hydrogen) atoms. The molecule has 3 heterocycles. The zero-order valence-corrected chi connectivity index (χ0v) is 13.8. The average Bonchev–Trinajstić information content (AvgIpc) is 3.08. The second-order valence-electron chi connectivity index (χ2n) is 5.84. The lowest BCUT2D eigenvalue weighted by molar-refractivity contribution is 0.276. The normalized spacial score (nSPS) is 22.2. The first-order valence-corrected chi connectivity index (χ1v) is 7.78. The van der Waals surface area contributed by atoms with Gasteiger partial charge in [0.1, 0.15) is 5.01 Å². The van der Waals surface area contributed by atoms with Gasteiger partial charge in [-0.05, 0) is 37.1 Å². The standard InChI is InChI=1S/C15H20N4S.ClH/c1-15(10-16)4-7-19(11-15)9-13-8-18-14(20-13)12-2-5-17-6-3-12;/h2-3,5-6,8H,4,7,9-11,16H2,1H3;1H. The first kappa shape index (κ1) is 16.4. The molecule has 1 atom stereocenters. The highest BCUT2D eigenvalue weighted by Crippen LogP contribution is 2.31. The molecular formula is C15H21ClN4S. The van der Waals surface area contributed by atoms with E-state index in [0.29, 0.717) is 5.41 Å². The SMILES string of the molecule is CC1(CN)CCN(Cc2cnc(-c3ccncc3)s2)C1.Cl. The lowest BCUT2D eigenvalue weighted by atomic mass is 9.90. The lowest BCUT2D eigenvalue weighted by Gasteiger charge is -2.22. The average molecular weight is 325 g/mol. The van der Waals surface area contributed by atoms with E-state index in [0.717, 1.165) is 36.8 Å². The summed E-state index contributed by atoms with van der Waals surface area (Å²) in [7, 11) is 0. The molecule has 0 saturated carbocycles. The highest BCUT2D eigenvalue weighted by atomic mass is 35.5. The van der Waals surface area contributed by atoms with Crippen LogP contribution >= 0.6 is 23.7 Å². The summed E-state index contributed by atoms with van der Waals surface area (Å²) in [5.41, 5.74) is 7.29. The maximum Gasteiger partial charge on any atom is 0.123 e. The second kappa shape index (κ2) is 6.83. The van der Waals surface area contributed by atoms with Gasteiger partial charge in [-0.3, -0.25) is 9.88 Å². The minimum atomic E-state index is 0. The molecule has 114 valence electrons. The van der Waals surface area contributed by atoms with E-state index in [1.165, 1.54) is 11.3 Å². The number of aromatic nitrogens is 2. The molecule has 1 aliphatic rings. The van der Waals surface area contributed by atoms with Gasteiger partial charge in [0, 0.05) is 42.1 Å². The molecule has 1 unspecified atom stereocenters. The number of nitrogens with two attached hydrogens (primary N) is 1. The van der Waals surface area contributed by atoms with Gasteiger partial charge in [-0.1, -0.05) is 6.92 Å². The fourth-order valence-corrected chi connectivity index (χ4v) is 3.62. The Morgan fingerprint density at radius 2 is 2.14 bits per heavy atom. The van der Waals surface area contributed by atoms with E-state index in [1.54, 1.807) is 11.3 Å². The summed E-state index contributed by atoms with van der Waals surface area (Å²) in [6, 6.07) is 4.01. The van der Waals surface area contributed by atoms with Crippen LogP contribution in [-0.4, -0.2) is 34.5 Å². The molecule has 1 saturated heterocycles. The van der Waals surface area contributed by atoms with Crippen LogP contribution in [-0.2, 0) is 6.54 Å². The Morgan fingerprint density at radius 1 is 1.38 bits per heavy atom. The number of halogens is 1. The number of nitrogens with zero attached hydrogens (tertiary/aromatic N) is 3. The predicted molar refractivity (Wildman–Crippen MR) is 89.6 cm³/mol. The maximum atomic E-state index is 5.86. The van der Waals surface area contributed by atoms with Crippen LogP contribution in [0.4, 0.5) is 0 Å². The molecule has 2 aromatic heterocycles. The third-order valence-corrected chi connectivity index (χ3v) is 5.02. The highest BCUT2D eigenvalue weighted by molar-refractivity contribution is 7.15. The summed E-state index contributed by atoms with van der Waals surface area (Å²) in [5, 5.41) is 1.07. The molecule has 6 heteroatoms. The minimum absolute atomic E-state index is 0. The summed E-state index contributed by atoms with van der Waals surface area (Å²) in [6.45, 7) is 6.26. The lowest BCUT2D eigenvalue weighted by Crippen LogP contribution is -2.30. The zero-order chi connectivity index (χ0) is 14.0. The Morgan fingerprint density at radius 3 is 2.81 bits per heavy atom. The van der Waals surface area contributed by atoms with Crippen LogP contribution in [0.3, 0.4) is 0 Å². The molecule has 4 nitrogen and oxygen atoms in total. The van der Waals surface area contributed by atoms with Gasteiger partial charge in [0.25, 0.3) is 0 Å². The Kier molecular flexibility index (Phi) is 5.32. The number of pyridine rings is 1. The Hall–Kier alpha value is -1.01. The predicted octanol–water partition coefficient (Wildman–Crippen LogP) is 2.80. The van der Waals surface area contributed by atoms with Crippen molar-refractivity contribution >= 4 is 23.7 Å². The summed E-state index contributed by atoms with van der Waals surface area (Å²) in [4.78, 5) is 12.4. The summed E-state index contributed by atoms with van der Waals surface area (Å²) in [6.07, 6.45) is 6.81. The van der Waals surface area contributed by atoms with Gasteiger partial charge in [0.05, 0.1) is 0 Å². The van der Waals surface area contributed by atoms with E-state index in [1.807, 2.05) is 30.7 Å².